The number of carboxylic acid groups (broad SMARTS) is 1. The van der Waals surface area contributed by atoms with Crippen molar-refractivity contribution < 1.29 is 52.8 Å². The Bertz CT molecular complexity index is 1140. The molecule has 1 aliphatic carbocycles. The van der Waals surface area contributed by atoms with Crippen molar-refractivity contribution in [2.75, 3.05) is 6.79 Å². The van der Waals surface area contributed by atoms with Crippen LogP contribution in [-0.2, 0) is 23.8 Å². The van der Waals surface area contributed by atoms with Crippen LogP contribution in [0.2, 0.25) is 0 Å². The lowest BCUT2D eigenvalue weighted by molar-refractivity contribution is -0.146. The van der Waals surface area contributed by atoms with Gasteiger partial charge in [-0.2, -0.15) is 0 Å². The van der Waals surface area contributed by atoms with Gasteiger partial charge in [0.1, 0.15) is 17.6 Å². The highest BCUT2D eigenvalue weighted by Crippen LogP contribution is 2.27. The molecule has 0 aliphatic heterocycles. The van der Waals surface area contributed by atoms with Gasteiger partial charge in [0.2, 0.25) is 6.79 Å². The fourth-order valence-corrected chi connectivity index (χ4v) is 3.45. The van der Waals surface area contributed by atoms with Crippen molar-refractivity contribution >= 4 is 30.0 Å². The van der Waals surface area contributed by atoms with Gasteiger partial charge in [-0.3, -0.25) is 4.79 Å². The first-order valence-corrected chi connectivity index (χ1v) is 11.2. The summed E-state index contributed by atoms with van der Waals surface area (Å²) in [5.74, 6) is -2.94. The minimum atomic E-state index is -1.11. The topological polar surface area (TPSA) is 152 Å². The summed E-state index contributed by atoms with van der Waals surface area (Å²) in [4.78, 5) is 58.2. The molecule has 1 saturated carbocycles. The smallest absolute Gasteiger partial charge is 0.481 e. The van der Waals surface area contributed by atoms with Crippen molar-refractivity contribution in [3.63, 3.8) is 0 Å². The lowest BCUT2D eigenvalue weighted by atomic mass is 9.87. The van der Waals surface area contributed by atoms with E-state index in [1.807, 2.05) is 0 Å². The Morgan fingerprint density at radius 1 is 0.784 bits per heavy atom. The van der Waals surface area contributed by atoms with Gasteiger partial charge in [-0.05, 0) is 74.2 Å². The Morgan fingerprint density at radius 2 is 1.32 bits per heavy atom. The van der Waals surface area contributed by atoms with E-state index in [1.165, 1.54) is 48.5 Å². The molecule has 0 bridgehead atoms. The summed E-state index contributed by atoms with van der Waals surface area (Å²) in [6, 6.07) is 11.2. The molecule has 194 valence electrons. The van der Waals surface area contributed by atoms with E-state index in [9.17, 15) is 24.0 Å². The van der Waals surface area contributed by atoms with Gasteiger partial charge in [0, 0.05) is 6.08 Å². The van der Waals surface area contributed by atoms with Crippen LogP contribution in [0.4, 0.5) is 4.79 Å². The zero-order valence-corrected chi connectivity index (χ0v) is 19.6. The van der Waals surface area contributed by atoms with Crippen LogP contribution < -0.4 is 9.47 Å². The molecule has 0 aromatic heterocycles. The lowest BCUT2D eigenvalue weighted by Gasteiger charge is -2.25. The van der Waals surface area contributed by atoms with E-state index in [2.05, 4.69) is 16.1 Å². The Kier molecular flexibility index (Phi) is 9.36. The number of esters is 3. The second-order valence-corrected chi connectivity index (χ2v) is 7.94. The maximum atomic E-state index is 12.4. The molecule has 0 radical (unpaired) electrons. The SMILES string of the molecule is C=CC(=O)OCOC(=O)Oc1ccc(C(=O)Oc2ccc(C(=O)OC3CCC(C(=O)O)CC3)cc2)cc1. The van der Waals surface area contributed by atoms with Crippen LogP contribution in [0, 0.1) is 5.92 Å². The molecule has 37 heavy (non-hydrogen) atoms. The normalized spacial score (nSPS) is 16.5. The summed E-state index contributed by atoms with van der Waals surface area (Å²) >= 11 is 0. The molecular formula is C26H24O11. The third-order valence-electron chi connectivity index (χ3n) is 5.43. The minimum Gasteiger partial charge on any atom is -0.481 e. The van der Waals surface area contributed by atoms with Gasteiger partial charge in [-0.25, -0.2) is 19.2 Å². The predicted octanol–water partition coefficient (Wildman–Crippen LogP) is 3.91. The van der Waals surface area contributed by atoms with Crippen LogP contribution in [0.5, 0.6) is 11.5 Å². The van der Waals surface area contributed by atoms with Gasteiger partial charge in [0.25, 0.3) is 0 Å². The summed E-state index contributed by atoms with van der Waals surface area (Å²) in [5.41, 5.74) is 0.439. The molecule has 0 saturated heterocycles. The molecule has 0 atom stereocenters. The summed E-state index contributed by atoms with van der Waals surface area (Å²) < 4.78 is 24.7. The van der Waals surface area contributed by atoms with E-state index in [4.69, 9.17) is 19.3 Å². The van der Waals surface area contributed by atoms with Crippen molar-refractivity contribution in [3.8, 4) is 11.5 Å². The summed E-state index contributed by atoms with van der Waals surface area (Å²) in [7, 11) is 0. The number of hydrogen-bond acceptors (Lipinski definition) is 10. The number of carbonyl (C=O) groups excluding carboxylic acids is 4. The zero-order chi connectivity index (χ0) is 26.8. The first-order valence-electron chi connectivity index (χ1n) is 11.2. The highest BCUT2D eigenvalue weighted by Gasteiger charge is 2.28. The molecule has 2 aromatic carbocycles. The molecule has 0 heterocycles. The number of carboxylic acids is 1. The standard InChI is InChI=1S/C26H24O11/c1-2-22(27)33-15-34-26(32)37-21-13-7-18(8-14-21)25(31)36-20-11-5-17(6-12-20)24(30)35-19-9-3-16(4-10-19)23(28)29/h2,5-8,11-14,16,19H,1,3-4,9-10,15H2,(H,28,29). The van der Waals surface area contributed by atoms with Crippen LogP contribution >= 0.6 is 0 Å². The molecule has 1 fully saturated rings. The van der Waals surface area contributed by atoms with Crippen molar-refractivity contribution in [2.45, 2.75) is 31.8 Å². The molecule has 0 unspecified atom stereocenters. The Labute approximate surface area is 211 Å². The molecule has 11 heteroatoms. The fourth-order valence-electron chi connectivity index (χ4n) is 3.45. The monoisotopic (exact) mass is 512 g/mol. The van der Waals surface area contributed by atoms with Crippen LogP contribution in [0.15, 0.2) is 61.2 Å². The number of carbonyl (C=O) groups is 5. The molecule has 1 aliphatic rings. The van der Waals surface area contributed by atoms with Gasteiger partial charge >= 0.3 is 30.0 Å². The van der Waals surface area contributed by atoms with Crippen LogP contribution in [0.1, 0.15) is 46.4 Å². The number of hydrogen-bond donors (Lipinski definition) is 1. The fraction of sp³-hybridized carbons (Fsp3) is 0.269. The van der Waals surface area contributed by atoms with E-state index in [-0.39, 0.29) is 28.7 Å². The van der Waals surface area contributed by atoms with Crippen molar-refractivity contribution in [1.29, 1.82) is 0 Å². The van der Waals surface area contributed by atoms with E-state index in [0.717, 1.165) is 6.08 Å². The molecule has 1 N–H and O–H groups in total. The zero-order valence-electron chi connectivity index (χ0n) is 19.6. The largest absolute Gasteiger partial charge is 0.516 e. The van der Waals surface area contributed by atoms with Crippen molar-refractivity contribution in [3.05, 3.63) is 72.3 Å². The lowest BCUT2D eigenvalue weighted by Crippen LogP contribution is -2.27. The molecule has 3 rings (SSSR count). The summed E-state index contributed by atoms with van der Waals surface area (Å²) in [6.07, 6.45) is 1.39. The Morgan fingerprint density at radius 3 is 1.86 bits per heavy atom. The number of aliphatic carboxylic acids is 1. The molecule has 0 spiro atoms. The molecular weight excluding hydrogens is 488 g/mol. The first-order chi connectivity index (χ1) is 17.7. The third kappa shape index (κ3) is 8.20. The second kappa shape index (κ2) is 12.9. The predicted molar refractivity (Wildman–Crippen MR) is 125 cm³/mol. The van der Waals surface area contributed by atoms with Gasteiger partial charge in [0.15, 0.2) is 0 Å². The number of rotatable bonds is 9. The van der Waals surface area contributed by atoms with Crippen molar-refractivity contribution in [2.24, 2.45) is 5.92 Å². The quantitative estimate of drug-likeness (QED) is 0.171. The van der Waals surface area contributed by atoms with E-state index in [0.29, 0.717) is 25.7 Å². The number of benzene rings is 2. The molecule has 0 amide bonds. The van der Waals surface area contributed by atoms with Crippen LogP contribution in [0.3, 0.4) is 0 Å². The third-order valence-corrected chi connectivity index (χ3v) is 5.43. The molecule has 2 aromatic rings. The molecule has 11 nitrogen and oxygen atoms in total. The number of ether oxygens (including phenoxy) is 5. The first kappa shape index (κ1) is 26.9. The average Bonchev–Trinajstić information content (AvgIpc) is 2.89. The maximum Gasteiger partial charge on any atom is 0.516 e. The van der Waals surface area contributed by atoms with E-state index < -0.39 is 42.7 Å². The van der Waals surface area contributed by atoms with Gasteiger partial charge in [-0.1, -0.05) is 6.58 Å². The summed E-state index contributed by atoms with van der Waals surface area (Å²) in [5, 5.41) is 9.05. The van der Waals surface area contributed by atoms with Crippen LogP contribution in [0.25, 0.3) is 0 Å². The van der Waals surface area contributed by atoms with Gasteiger partial charge < -0.3 is 28.8 Å². The van der Waals surface area contributed by atoms with Gasteiger partial charge in [-0.15, -0.1) is 0 Å². The minimum absolute atomic E-state index is 0.0795. The van der Waals surface area contributed by atoms with Crippen molar-refractivity contribution in [1.82, 2.24) is 0 Å². The highest BCUT2D eigenvalue weighted by atomic mass is 16.8. The maximum absolute atomic E-state index is 12.4. The van der Waals surface area contributed by atoms with Gasteiger partial charge in [0.05, 0.1) is 17.0 Å². The Balaban J connectivity index is 1.46. The Hall–Kier alpha value is -4.67. The van der Waals surface area contributed by atoms with E-state index in [1.54, 1.807) is 0 Å². The summed E-state index contributed by atoms with van der Waals surface area (Å²) in [6.45, 7) is 2.55. The van der Waals surface area contributed by atoms with E-state index >= 15 is 0 Å². The second-order valence-electron chi connectivity index (χ2n) is 7.94. The average molecular weight is 512 g/mol. The highest BCUT2D eigenvalue weighted by molar-refractivity contribution is 5.92. The van der Waals surface area contributed by atoms with Crippen LogP contribution in [-0.4, -0.2) is 48.0 Å².